The Labute approximate surface area is 123 Å². The molecule has 2 aromatic rings. The van der Waals surface area contributed by atoms with Gasteiger partial charge in [0.25, 0.3) is 0 Å². The fraction of sp³-hybridized carbons (Fsp3) is 0.235. The zero-order valence-corrected chi connectivity index (χ0v) is 12.5. The van der Waals surface area contributed by atoms with Gasteiger partial charge in [-0.25, -0.2) is 4.79 Å². The Morgan fingerprint density at radius 2 is 1.75 bits per heavy atom. The molecule has 0 aromatic heterocycles. The molecule has 0 aliphatic rings. The molecule has 0 radical (unpaired) electrons. The summed E-state index contributed by atoms with van der Waals surface area (Å²) in [4.78, 5) is 12.3. The number of carbonyl (C=O) groups is 1. The number of rotatable bonds is 5. The third kappa shape index (κ3) is 3.64. The lowest BCUT2D eigenvalue weighted by atomic mass is 10.0. The van der Waals surface area contributed by atoms with E-state index in [9.17, 15) is 4.79 Å². The Balaban J connectivity index is 2.07. The molecule has 0 fully saturated rings. The maximum Gasteiger partial charge on any atom is 0.335 e. The van der Waals surface area contributed by atoms with Gasteiger partial charge in [-0.15, -0.1) is 11.8 Å². The van der Waals surface area contributed by atoms with Crippen molar-refractivity contribution in [3.05, 3.63) is 65.2 Å². The van der Waals surface area contributed by atoms with Crippen LogP contribution in [0.25, 0.3) is 0 Å². The molecule has 0 atom stereocenters. The van der Waals surface area contributed by atoms with Crippen molar-refractivity contribution in [2.75, 3.05) is 0 Å². The third-order valence-corrected chi connectivity index (χ3v) is 4.25. The normalized spacial score (nSPS) is 10.8. The van der Waals surface area contributed by atoms with Crippen LogP contribution in [0.2, 0.25) is 0 Å². The van der Waals surface area contributed by atoms with Crippen LogP contribution >= 0.6 is 11.8 Å². The van der Waals surface area contributed by atoms with E-state index in [4.69, 9.17) is 5.11 Å². The molecule has 0 aliphatic heterocycles. The van der Waals surface area contributed by atoms with Crippen LogP contribution in [-0.2, 0) is 5.75 Å². The van der Waals surface area contributed by atoms with E-state index in [0.717, 1.165) is 10.5 Å². The minimum absolute atomic E-state index is 0.388. The Hall–Kier alpha value is -1.74. The summed E-state index contributed by atoms with van der Waals surface area (Å²) >= 11 is 1.66. The maximum absolute atomic E-state index is 11.1. The number of hydrogen-bond acceptors (Lipinski definition) is 2. The summed E-state index contributed by atoms with van der Waals surface area (Å²) in [5.41, 5.74) is 2.57. The highest BCUT2D eigenvalue weighted by Crippen LogP contribution is 2.26. The van der Waals surface area contributed by atoms with Gasteiger partial charge in [0.15, 0.2) is 0 Å². The average Bonchev–Trinajstić information content (AvgIpc) is 2.45. The van der Waals surface area contributed by atoms with Gasteiger partial charge in [0.05, 0.1) is 5.56 Å². The van der Waals surface area contributed by atoms with Crippen LogP contribution in [0.5, 0.6) is 0 Å². The van der Waals surface area contributed by atoms with E-state index in [1.807, 2.05) is 12.1 Å². The van der Waals surface area contributed by atoms with Crippen molar-refractivity contribution >= 4 is 17.7 Å². The predicted molar refractivity (Wildman–Crippen MR) is 83.5 cm³/mol. The Bertz CT molecular complexity index is 588. The first kappa shape index (κ1) is 14.7. The van der Waals surface area contributed by atoms with Crippen molar-refractivity contribution in [3.8, 4) is 0 Å². The number of carboxylic acid groups (broad SMARTS) is 1. The van der Waals surface area contributed by atoms with Crippen molar-refractivity contribution in [1.82, 2.24) is 0 Å². The zero-order valence-electron chi connectivity index (χ0n) is 11.7. The van der Waals surface area contributed by atoms with Crippen LogP contribution in [-0.4, -0.2) is 11.1 Å². The van der Waals surface area contributed by atoms with Gasteiger partial charge in [-0.2, -0.15) is 0 Å². The molecular weight excluding hydrogens is 268 g/mol. The fourth-order valence-electron chi connectivity index (χ4n) is 1.96. The van der Waals surface area contributed by atoms with E-state index >= 15 is 0 Å². The predicted octanol–water partition coefficient (Wildman–Crippen LogP) is 4.80. The van der Waals surface area contributed by atoms with Gasteiger partial charge in [0.2, 0.25) is 0 Å². The number of carboxylic acids is 1. The molecule has 0 saturated heterocycles. The minimum Gasteiger partial charge on any atom is -0.478 e. The highest BCUT2D eigenvalue weighted by molar-refractivity contribution is 7.98. The first-order chi connectivity index (χ1) is 9.58. The zero-order chi connectivity index (χ0) is 14.5. The Morgan fingerprint density at radius 1 is 1.10 bits per heavy atom. The van der Waals surface area contributed by atoms with E-state index in [1.165, 1.54) is 5.56 Å². The second-order valence-corrected chi connectivity index (χ2v) is 6.02. The summed E-state index contributed by atoms with van der Waals surface area (Å²) in [5.74, 6) is 0.335. The lowest BCUT2D eigenvalue weighted by Gasteiger charge is -2.08. The summed E-state index contributed by atoms with van der Waals surface area (Å²) in [5, 5.41) is 9.15. The summed E-state index contributed by atoms with van der Waals surface area (Å²) < 4.78 is 0. The topological polar surface area (TPSA) is 37.3 Å². The SMILES string of the molecule is CC(C)c1ccc(SCc2ccccc2C(=O)O)cc1. The van der Waals surface area contributed by atoms with E-state index < -0.39 is 5.97 Å². The molecule has 3 heteroatoms. The van der Waals surface area contributed by atoms with Gasteiger partial charge in [0, 0.05) is 10.6 Å². The smallest absolute Gasteiger partial charge is 0.335 e. The Kier molecular flexibility index (Phi) is 4.85. The van der Waals surface area contributed by atoms with Crippen molar-refractivity contribution < 1.29 is 9.90 Å². The van der Waals surface area contributed by atoms with Gasteiger partial charge in [-0.1, -0.05) is 44.2 Å². The van der Waals surface area contributed by atoms with Crippen molar-refractivity contribution in [2.45, 2.75) is 30.4 Å². The van der Waals surface area contributed by atoms with Gasteiger partial charge in [-0.3, -0.25) is 0 Å². The molecular formula is C17H18O2S. The summed E-state index contributed by atoms with van der Waals surface area (Å²) in [6.07, 6.45) is 0. The van der Waals surface area contributed by atoms with Gasteiger partial charge in [0.1, 0.15) is 0 Å². The van der Waals surface area contributed by atoms with Crippen molar-refractivity contribution in [1.29, 1.82) is 0 Å². The van der Waals surface area contributed by atoms with E-state index in [-0.39, 0.29) is 0 Å². The lowest BCUT2D eigenvalue weighted by Crippen LogP contribution is -2.00. The highest BCUT2D eigenvalue weighted by atomic mass is 32.2. The third-order valence-electron chi connectivity index (χ3n) is 3.19. The Morgan fingerprint density at radius 3 is 2.35 bits per heavy atom. The molecule has 0 bridgehead atoms. The van der Waals surface area contributed by atoms with Crippen LogP contribution < -0.4 is 0 Å². The quantitative estimate of drug-likeness (QED) is 0.802. The van der Waals surface area contributed by atoms with E-state index in [2.05, 4.69) is 38.1 Å². The molecule has 1 N–H and O–H groups in total. The van der Waals surface area contributed by atoms with Crippen LogP contribution in [0.3, 0.4) is 0 Å². The van der Waals surface area contributed by atoms with Gasteiger partial charge < -0.3 is 5.11 Å². The van der Waals surface area contributed by atoms with Crippen LogP contribution in [0.15, 0.2) is 53.4 Å². The van der Waals surface area contributed by atoms with Crippen LogP contribution in [0.1, 0.15) is 41.3 Å². The van der Waals surface area contributed by atoms with E-state index in [1.54, 1.807) is 23.9 Å². The average molecular weight is 286 g/mol. The molecule has 0 spiro atoms. The van der Waals surface area contributed by atoms with Gasteiger partial charge >= 0.3 is 5.97 Å². The fourth-order valence-corrected chi connectivity index (χ4v) is 2.87. The minimum atomic E-state index is -0.864. The summed E-state index contributed by atoms with van der Waals surface area (Å²) in [6.45, 7) is 4.34. The molecule has 0 heterocycles. The second-order valence-electron chi connectivity index (χ2n) is 4.97. The standard InChI is InChI=1S/C17H18O2S/c1-12(2)13-7-9-15(10-8-13)20-11-14-5-3-4-6-16(14)17(18)19/h3-10,12H,11H2,1-2H3,(H,18,19). The molecule has 0 saturated carbocycles. The first-order valence-electron chi connectivity index (χ1n) is 6.62. The molecule has 0 aliphatic carbocycles. The number of benzene rings is 2. The highest BCUT2D eigenvalue weighted by Gasteiger charge is 2.09. The van der Waals surface area contributed by atoms with Gasteiger partial charge in [-0.05, 0) is 35.2 Å². The number of hydrogen-bond donors (Lipinski definition) is 1. The molecule has 2 rings (SSSR count). The lowest BCUT2D eigenvalue weighted by molar-refractivity contribution is 0.0696. The second kappa shape index (κ2) is 6.62. The monoisotopic (exact) mass is 286 g/mol. The largest absolute Gasteiger partial charge is 0.478 e. The van der Waals surface area contributed by atoms with Crippen LogP contribution in [0.4, 0.5) is 0 Å². The van der Waals surface area contributed by atoms with Crippen molar-refractivity contribution in [3.63, 3.8) is 0 Å². The molecule has 104 valence electrons. The first-order valence-corrected chi connectivity index (χ1v) is 7.60. The molecule has 2 aromatic carbocycles. The molecule has 0 amide bonds. The summed E-state index contributed by atoms with van der Waals surface area (Å²) in [6, 6.07) is 15.6. The molecule has 20 heavy (non-hydrogen) atoms. The molecule has 2 nitrogen and oxygen atoms in total. The molecule has 0 unspecified atom stereocenters. The summed E-state index contributed by atoms with van der Waals surface area (Å²) in [7, 11) is 0. The maximum atomic E-state index is 11.1. The number of aromatic carboxylic acids is 1. The van der Waals surface area contributed by atoms with Crippen LogP contribution in [0, 0.1) is 0 Å². The van der Waals surface area contributed by atoms with Crippen molar-refractivity contribution in [2.24, 2.45) is 0 Å². The van der Waals surface area contributed by atoms with E-state index in [0.29, 0.717) is 17.2 Å². The number of thioether (sulfide) groups is 1.